The number of hydrogen-bond acceptors (Lipinski definition) is 1. The highest BCUT2D eigenvalue weighted by Crippen LogP contribution is 2.22. The summed E-state index contributed by atoms with van der Waals surface area (Å²) in [7, 11) is 0. The van der Waals surface area contributed by atoms with Gasteiger partial charge in [0.1, 0.15) is 5.78 Å². The molecule has 0 radical (unpaired) electrons. The summed E-state index contributed by atoms with van der Waals surface area (Å²) in [4.78, 5) is 11.5. The molecule has 0 aliphatic rings. The molecule has 1 nitrogen and oxygen atoms in total. The largest absolute Gasteiger partial charge is 0.299 e. The van der Waals surface area contributed by atoms with Crippen LogP contribution in [0.4, 0.5) is 0 Å². The maximum atomic E-state index is 11.5. The van der Waals surface area contributed by atoms with E-state index in [4.69, 9.17) is 0 Å². The first kappa shape index (κ1) is 14.0. The number of rotatable bonds is 4. The van der Waals surface area contributed by atoms with E-state index in [1.165, 1.54) is 11.1 Å². The zero-order valence-electron chi connectivity index (χ0n) is 11.7. The smallest absolute Gasteiger partial charge is 0.135 e. The van der Waals surface area contributed by atoms with E-state index in [0.717, 1.165) is 6.42 Å². The molecule has 1 heteroatoms. The van der Waals surface area contributed by atoms with Crippen LogP contribution in [-0.4, -0.2) is 5.78 Å². The SMILES string of the molecule is CC(C)C(=O)CCc1ccc(C(C)(C)C)cc1. The van der Waals surface area contributed by atoms with E-state index < -0.39 is 0 Å². The summed E-state index contributed by atoms with van der Waals surface area (Å²) < 4.78 is 0. The predicted octanol–water partition coefficient (Wildman–Crippen LogP) is 4.14. The normalized spacial score (nSPS) is 11.9. The zero-order chi connectivity index (χ0) is 13.1. The van der Waals surface area contributed by atoms with E-state index in [-0.39, 0.29) is 11.3 Å². The van der Waals surface area contributed by atoms with Crippen molar-refractivity contribution in [3.05, 3.63) is 35.4 Å². The Morgan fingerprint density at radius 2 is 1.65 bits per heavy atom. The number of benzene rings is 1. The Bertz CT molecular complexity index is 366. The molecule has 17 heavy (non-hydrogen) atoms. The molecule has 0 fully saturated rings. The molecule has 1 aromatic rings. The van der Waals surface area contributed by atoms with Gasteiger partial charge in [0.25, 0.3) is 0 Å². The van der Waals surface area contributed by atoms with Crippen molar-refractivity contribution in [3.63, 3.8) is 0 Å². The van der Waals surface area contributed by atoms with E-state index >= 15 is 0 Å². The van der Waals surface area contributed by atoms with Gasteiger partial charge in [0.2, 0.25) is 0 Å². The molecule has 0 spiro atoms. The number of aryl methyl sites for hydroxylation is 1. The molecule has 0 saturated carbocycles. The molecule has 0 amide bonds. The molecule has 94 valence electrons. The van der Waals surface area contributed by atoms with Crippen molar-refractivity contribution in [1.82, 2.24) is 0 Å². The van der Waals surface area contributed by atoms with Crippen LogP contribution in [0.3, 0.4) is 0 Å². The number of hydrogen-bond donors (Lipinski definition) is 0. The first-order valence-corrected chi connectivity index (χ1v) is 6.43. The third kappa shape index (κ3) is 4.33. The molecular weight excluding hydrogens is 208 g/mol. The maximum Gasteiger partial charge on any atom is 0.135 e. The van der Waals surface area contributed by atoms with Gasteiger partial charge in [0.05, 0.1) is 0 Å². The molecule has 0 aliphatic heterocycles. The number of carbonyl (C=O) groups excluding carboxylic acids is 1. The van der Waals surface area contributed by atoms with Crippen LogP contribution >= 0.6 is 0 Å². The van der Waals surface area contributed by atoms with Gasteiger partial charge >= 0.3 is 0 Å². The summed E-state index contributed by atoms with van der Waals surface area (Å²) in [6.07, 6.45) is 1.52. The van der Waals surface area contributed by atoms with Gasteiger partial charge < -0.3 is 0 Å². The topological polar surface area (TPSA) is 17.1 Å². The Balaban J connectivity index is 2.61. The lowest BCUT2D eigenvalue weighted by molar-refractivity contribution is -0.121. The van der Waals surface area contributed by atoms with Gasteiger partial charge in [-0.3, -0.25) is 4.79 Å². The first-order valence-electron chi connectivity index (χ1n) is 6.43. The highest BCUT2D eigenvalue weighted by molar-refractivity contribution is 5.80. The quantitative estimate of drug-likeness (QED) is 0.762. The lowest BCUT2D eigenvalue weighted by Crippen LogP contribution is -2.11. The molecule has 0 N–H and O–H groups in total. The summed E-state index contributed by atoms with van der Waals surface area (Å²) in [5.41, 5.74) is 2.80. The Morgan fingerprint density at radius 3 is 2.06 bits per heavy atom. The molecule has 0 heterocycles. The lowest BCUT2D eigenvalue weighted by atomic mass is 9.86. The molecule has 0 aromatic heterocycles. The summed E-state index contributed by atoms with van der Waals surface area (Å²) in [5, 5.41) is 0. The summed E-state index contributed by atoms with van der Waals surface area (Å²) >= 11 is 0. The first-order chi connectivity index (χ1) is 7.80. The van der Waals surface area contributed by atoms with Crippen molar-refractivity contribution >= 4 is 5.78 Å². The minimum Gasteiger partial charge on any atom is -0.299 e. The fourth-order valence-corrected chi connectivity index (χ4v) is 1.73. The summed E-state index contributed by atoms with van der Waals surface area (Å²) in [6, 6.07) is 8.65. The molecule has 0 aliphatic carbocycles. The van der Waals surface area contributed by atoms with Crippen LogP contribution in [0.5, 0.6) is 0 Å². The van der Waals surface area contributed by atoms with Crippen LogP contribution in [0.2, 0.25) is 0 Å². The second-order valence-corrected chi connectivity index (χ2v) is 6.07. The fourth-order valence-electron chi connectivity index (χ4n) is 1.73. The Morgan fingerprint density at radius 1 is 1.12 bits per heavy atom. The van der Waals surface area contributed by atoms with Crippen LogP contribution < -0.4 is 0 Å². The van der Waals surface area contributed by atoms with Crippen LogP contribution in [-0.2, 0) is 16.6 Å². The van der Waals surface area contributed by atoms with Crippen LogP contribution in [0.1, 0.15) is 52.2 Å². The maximum absolute atomic E-state index is 11.5. The number of Topliss-reactive ketones (excluding diaryl/α,β-unsaturated/α-hetero) is 1. The lowest BCUT2D eigenvalue weighted by Gasteiger charge is -2.19. The third-order valence-corrected chi connectivity index (χ3v) is 3.12. The van der Waals surface area contributed by atoms with E-state index in [2.05, 4.69) is 45.0 Å². The van der Waals surface area contributed by atoms with Crippen molar-refractivity contribution < 1.29 is 4.79 Å². The Hall–Kier alpha value is -1.11. The van der Waals surface area contributed by atoms with Crippen LogP contribution in [0.15, 0.2) is 24.3 Å². The van der Waals surface area contributed by atoms with E-state index in [0.29, 0.717) is 12.2 Å². The third-order valence-electron chi connectivity index (χ3n) is 3.12. The van der Waals surface area contributed by atoms with Crippen LogP contribution in [0.25, 0.3) is 0 Å². The molecule has 1 aromatic carbocycles. The van der Waals surface area contributed by atoms with E-state index in [1.54, 1.807) is 0 Å². The average Bonchev–Trinajstić information content (AvgIpc) is 2.25. The van der Waals surface area contributed by atoms with Crippen LogP contribution in [0, 0.1) is 5.92 Å². The van der Waals surface area contributed by atoms with Crippen molar-refractivity contribution in [2.45, 2.75) is 52.9 Å². The van der Waals surface area contributed by atoms with Gasteiger partial charge in [-0.2, -0.15) is 0 Å². The van der Waals surface area contributed by atoms with Gasteiger partial charge in [-0.25, -0.2) is 0 Å². The average molecular weight is 232 g/mol. The second-order valence-electron chi connectivity index (χ2n) is 6.07. The Labute approximate surface area is 105 Å². The molecule has 0 saturated heterocycles. The summed E-state index contributed by atoms with van der Waals surface area (Å²) in [5.74, 6) is 0.508. The standard InChI is InChI=1S/C16H24O/c1-12(2)15(17)11-8-13-6-9-14(10-7-13)16(3,4)5/h6-7,9-10,12H,8,11H2,1-5H3. The Kier molecular flexibility index (Phi) is 4.50. The van der Waals surface area contributed by atoms with Gasteiger partial charge in [0.15, 0.2) is 0 Å². The van der Waals surface area contributed by atoms with Crippen molar-refractivity contribution in [2.24, 2.45) is 5.92 Å². The number of ketones is 1. The van der Waals surface area contributed by atoms with Crippen molar-refractivity contribution in [3.8, 4) is 0 Å². The zero-order valence-corrected chi connectivity index (χ0v) is 11.7. The summed E-state index contributed by atoms with van der Waals surface area (Å²) in [6.45, 7) is 10.6. The monoisotopic (exact) mass is 232 g/mol. The predicted molar refractivity (Wildman–Crippen MR) is 73.3 cm³/mol. The molecule has 0 atom stereocenters. The molecule has 0 unspecified atom stereocenters. The highest BCUT2D eigenvalue weighted by atomic mass is 16.1. The molecular formula is C16H24O. The minimum atomic E-state index is 0.156. The van der Waals surface area contributed by atoms with Gasteiger partial charge in [0, 0.05) is 12.3 Å². The van der Waals surface area contributed by atoms with Gasteiger partial charge in [-0.1, -0.05) is 58.9 Å². The highest BCUT2D eigenvalue weighted by Gasteiger charge is 2.13. The van der Waals surface area contributed by atoms with Crippen molar-refractivity contribution in [1.29, 1.82) is 0 Å². The second kappa shape index (κ2) is 5.48. The number of carbonyl (C=O) groups is 1. The van der Waals surface area contributed by atoms with Gasteiger partial charge in [-0.05, 0) is 23.0 Å². The van der Waals surface area contributed by atoms with E-state index in [1.807, 2.05) is 13.8 Å². The fraction of sp³-hybridized carbons (Fsp3) is 0.562. The molecule has 1 rings (SSSR count). The molecule has 0 bridgehead atoms. The minimum absolute atomic E-state index is 0.156. The van der Waals surface area contributed by atoms with Gasteiger partial charge in [-0.15, -0.1) is 0 Å². The van der Waals surface area contributed by atoms with E-state index in [9.17, 15) is 4.79 Å². The van der Waals surface area contributed by atoms with Crippen molar-refractivity contribution in [2.75, 3.05) is 0 Å².